The van der Waals surface area contributed by atoms with Gasteiger partial charge < -0.3 is 4.74 Å². The number of allylic oxidation sites excluding steroid dienone is 2. The molecule has 0 spiro atoms. The third kappa shape index (κ3) is 4.78. The molecule has 2 amide bonds. The number of rotatable bonds is 10. The Labute approximate surface area is 138 Å². The fourth-order valence-corrected chi connectivity index (χ4v) is 2.90. The van der Waals surface area contributed by atoms with Crippen LogP contribution in [0.2, 0.25) is 0 Å². The topological polar surface area (TPSA) is 63.7 Å². The van der Waals surface area contributed by atoms with Crippen LogP contribution >= 0.6 is 0 Å². The maximum atomic E-state index is 12.4. The molecular formula is C18H27NO4. The van der Waals surface area contributed by atoms with E-state index in [1.165, 1.54) is 4.90 Å². The summed E-state index contributed by atoms with van der Waals surface area (Å²) in [5.41, 5.74) is 0. The molecule has 0 radical (unpaired) electrons. The number of esters is 1. The molecule has 0 bridgehead atoms. The summed E-state index contributed by atoms with van der Waals surface area (Å²) in [6, 6.07) is -0.174. The van der Waals surface area contributed by atoms with Gasteiger partial charge in [0, 0.05) is 12.8 Å². The molecule has 0 unspecified atom stereocenters. The fraction of sp³-hybridized carbons (Fsp3) is 0.611. The first-order valence-corrected chi connectivity index (χ1v) is 8.25. The molecule has 5 heteroatoms. The van der Waals surface area contributed by atoms with Crippen LogP contribution in [0, 0.1) is 5.92 Å². The number of hydrogen-bond acceptors (Lipinski definition) is 4. The molecule has 128 valence electrons. The summed E-state index contributed by atoms with van der Waals surface area (Å²) in [4.78, 5) is 37.6. The van der Waals surface area contributed by atoms with Crippen molar-refractivity contribution in [1.29, 1.82) is 0 Å². The molecule has 0 aromatic rings. The second-order valence-corrected chi connectivity index (χ2v) is 5.83. The molecule has 1 heterocycles. The van der Waals surface area contributed by atoms with Gasteiger partial charge >= 0.3 is 5.97 Å². The first kappa shape index (κ1) is 19.1. The molecule has 0 saturated carbocycles. The highest BCUT2D eigenvalue weighted by Crippen LogP contribution is 2.35. The van der Waals surface area contributed by atoms with Gasteiger partial charge in [0.1, 0.15) is 6.10 Å². The molecule has 1 aliphatic rings. The highest BCUT2D eigenvalue weighted by molar-refractivity contribution is 6.02. The smallest absolute Gasteiger partial charge is 0.306 e. The maximum Gasteiger partial charge on any atom is 0.306 e. The monoisotopic (exact) mass is 321 g/mol. The number of likely N-dealkylation sites (tertiary alicyclic amines) is 1. The first-order valence-electron chi connectivity index (χ1n) is 8.25. The summed E-state index contributed by atoms with van der Waals surface area (Å²) in [5, 5.41) is 0. The lowest BCUT2D eigenvalue weighted by Crippen LogP contribution is -2.66. The van der Waals surface area contributed by atoms with Gasteiger partial charge in [0.25, 0.3) is 0 Å². The van der Waals surface area contributed by atoms with Crippen molar-refractivity contribution in [3.8, 4) is 0 Å². The van der Waals surface area contributed by atoms with Crippen molar-refractivity contribution in [1.82, 2.24) is 4.90 Å². The minimum absolute atomic E-state index is 0.171. The van der Waals surface area contributed by atoms with E-state index in [1.54, 1.807) is 19.1 Å². The predicted octanol–water partition coefficient (Wildman–Crippen LogP) is 3.00. The SMILES string of the molecule is C=CCCC(=O)O[C@H](C)[C@H]1C(=O)N(C(=O)CCC=C)[C@@H]1CCC. The first-order chi connectivity index (χ1) is 11.0. The lowest BCUT2D eigenvalue weighted by atomic mass is 9.80. The quantitative estimate of drug-likeness (QED) is 0.352. The van der Waals surface area contributed by atoms with E-state index < -0.39 is 12.0 Å². The van der Waals surface area contributed by atoms with Gasteiger partial charge in [0.2, 0.25) is 11.8 Å². The highest BCUT2D eigenvalue weighted by Gasteiger charge is 2.52. The van der Waals surface area contributed by atoms with E-state index in [0.717, 1.165) is 12.8 Å². The van der Waals surface area contributed by atoms with Crippen LogP contribution in [-0.4, -0.2) is 34.8 Å². The van der Waals surface area contributed by atoms with E-state index in [1.807, 2.05) is 6.92 Å². The van der Waals surface area contributed by atoms with Crippen molar-refractivity contribution < 1.29 is 19.1 Å². The standard InChI is InChI=1S/C18H27NO4/c1-5-8-11-15(20)19-14(10-7-3)17(18(19)22)13(4)23-16(21)12-9-6-2/h5-6,13-14,17H,1-2,7-12H2,3-4H3/t13-,14-,17-/m1/s1. The average Bonchev–Trinajstić information content (AvgIpc) is 2.50. The molecule has 1 fully saturated rings. The normalized spacial score (nSPS) is 21.3. The molecule has 23 heavy (non-hydrogen) atoms. The Morgan fingerprint density at radius 1 is 1.26 bits per heavy atom. The van der Waals surface area contributed by atoms with Gasteiger partial charge in [-0.3, -0.25) is 19.3 Å². The average molecular weight is 321 g/mol. The largest absolute Gasteiger partial charge is 0.462 e. The molecular weight excluding hydrogens is 294 g/mol. The summed E-state index contributed by atoms with van der Waals surface area (Å²) in [7, 11) is 0. The van der Waals surface area contributed by atoms with E-state index in [0.29, 0.717) is 12.8 Å². The van der Waals surface area contributed by atoms with Crippen LogP contribution < -0.4 is 0 Å². The minimum atomic E-state index is -0.514. The second kappa shape index (κ2) is 9.28. The number of ether oxygens (including phenoxy) is 1. The van der Waals surface area contributed by atoms with Gasteiger partial charge in [-0.2, -0.15) is 0 Å². The van der Waals surface area contributed by atoms with E-state index in [4.69, 9.17) is 4.74 Å². The minimum Gasteiger partial charge on any atom is -0.462 e. The summed E-state index contributed by atoms with van der Waals surface area (Å²) < 4.78 is 5.35. The van der Waals surface area contributed by atoms with Crippen molar-refractivity contribution in [2.75, 3.05) is 0 Å². The van der Waals surface area contributed by atoms with E-state index in [9.17, 15) is 14.4 Å². The van der Waals surface area contributed by atoms with E-state index in [-0.39, 0.29) is 36.7 Å². The number of imide groups is 1. The van der Waals surface area contributed by atoms with Gasteiger partial charge in [-0.25, -0.2) is 0 Å². The van der Waals surface area contributed by atoms with Crippen molar-refractivity contribution >= 4 is 17.8 Å². The van der Waals surface area contributed by atoms with Gasteiger partial charge in [0.05, 0.1) is 12.0 Å². The van der Waals surface area contributed by atoms with Crippen LogP contribution in [0.25, 0.3) is 0 Å². The molecule has 0 aliphatic carbocycles. The number of carbonyl (C=O) groups is 3. The van der Waals surface area contributed by atoms with Gasteiger partial charge in [-0.15, -0.1) is 13.2 Å². The summed E-state index contributed by atoms with van der Waals surface area (Å²) >= 11 is 0. The Morgan fingerprint density at radius 3 is 2.43 bits per heavy atom. The second-order valence-electron chi connectivity index (χ2n) is 5.83. The zero-order valence-electron chi connectivity index (χ0n) is 14.1. The van der Waals surface area contributed by atoms with Crippen molar-refractivity contribution in [2.24, 2.45) is 5.92 Å². The van der Waals surface area contributed by atoms with Crippen LogP contribution in [0.15, 0.2) is 25.3 Å². The molecule has 0 aromatic carbocycles. The predicted molar refractivity (Wildman–Crippen MR) is 88.5 cm³/mol. The summed E-state index contributed by atoms with van der Waals surface area (Å²) in [6.45, 7) is 10.9. The van der Waals surface area contributed by atoms with E-state index in [2.05, 4.69) is 13.2 Å². The number of amides is 2. The third-order valence-corrected chi connectivity index (χ3v) is 4.06. The van der Waals surface area contributed by atoms with E-state index >= 15 is 0 Å². The fourth-order valence-electron chi connectivity index (χ4n) is 2.90. The van der Waals surface area contributed by atoms with Crippen LogP contribution in [0.4, 0.5) is 0 Å². The number of hydrogen-bond donors (Lipinski definition) is 0. The number of β-lactam (4-membered cyclic amide) rings is 1. The van der Waals surface area contributed by atoms with Gasteiger partial charge in [0.15, 0.2) is 0 Å². The Morgan fingerprint density at radius 2 is 1.87 bits per heavy atom. The highest BCUT2D eigenvalue weighted by atomic mass is 16.5. The molecule has 3 atom stereocenters. The Kier molecular flexibility index (Phi) is 7.72. The van der Waals surface area contributed by atoms with Crippen molar-refractivity contribution in [2.45, 2.75) is 64.5 Å². The van der Waals surface area contributed by atoms with Crippen molar-refractivity contribution in [3.63, 3.8) is 0 Å². The Hall–Kier alpha value is -1.91. The summed E-state index contributed by atoms with van der Waals surface area (Å²) in [5.74, 6) is -1.16. The van der Waals surface area contributed by atoms with Gasteiger partial charge in [-0.05, 0) is 26.2 Å². The maximum absolute atomic E-state index is 12.4. The lowest BCUT2D eigenvalue weighted by molar-refractivity contribution is -0.178. The molecule has 0 aromatic heterocycles. The molecule has 1 saturated heterocycles. The molecule has 0 N–H and O–H groups in total. The molecule has 5 nitrogen and oxygen atoms in total. The van der Waals surface area contributed by atoms with Crippen LogP contribution in [0.1, 0.15) is 52.4 Å². The Bertz CT molecular complexity index is 472. The molecule has 1 aliphatic heterocycles. The zero-order valence-corrected chi connectivity index (χ0v) is 14.1. The Balaban J connectivity index is 2.69. The number of nitrogens with zero attached hydrogens (tertiary/aromatic N) is 1. The van der Waals surface area contributed by atoms with Crippen LogP contribution in [0.5, 0.6) is 0 Å². The van der Waals surface area contributed by atoms with Crippen LogP contribution in [-0.2, 0) is 19.1 Å². The number of carbonyl (C=O) groups excluding carboxylic acids is 3. The van der Waals surface area contributed by atoms with Crippen molar-refractivity contribution in [3.05, 3.63) is 25.3 Å². The third-order valence-electron chi connectivity index (χ3n) is 4.06. The molecule has 1 rings (SSSR count). The van der Waals surface area contributed by atoms with Crippen LogP contribution in [0.3, 0.4) is 0 Å². The zero-order chi connectivity index (χ0) is 17.4. The lowest BCUT2D eigenvalue weighted by Gasteiger charge is -2.47. The van der Waals surface area contributed by atoms with Gasteiger partial charge in [-0.1, -0.05) is 25.5 Å². The summed E-state index contributed by atoms with van der Waals surface area (Å²) in [6.07, 6.45) is 6.04.